The minimum absolute atomic E-state index is 0.0697. The van der Waals surface area contributed by atoms with Crippen molar-refractivity contribution in [2.75, 3.05) is 19.8 Å². The Hall–Kier alpha value is -2.11. The lowest BCUT2D eigenvalue weighted by atomic mass is 9.93. The molecule has 0 heterocycles. The van der Waals surface area contributed by atoms with Crippen molar-refractivity contribution in [2.45, 2.75) is 34.1 Å². The third-order valence-electron chi connectivity index (χ3n) is 2.82. The second kappa shape index (κ2) is 9.12. The van der Waals surface area contributed by atoms with Crippen LogP contribution in [0.2, 0.25) is 0 Å². The molecule has 0 bridgehead atoms. The highest BCUT2D eigenvalue weighted by Crippen LogP contribution is 2.22. The summed E-state index contributed by atoms with van der Waals surface area (Å²) in [5.41, 5.74) is -1.51. The summed E-state index contributed by atoms with van der Waals surface area (Å²) in [4.78, 5) is 34.5. The van der Waals surface area contributed by atoms with Crippen LogP contribution in [-0.2, 0) is 28.6 Å². The third-order valence-corrected chi connectivity index (χ3v) is 2.82. The summed E-state index contributed by atoms with van der Waals surface area (Å²) in [7, 11) is 0. The first-order chi connectivity index (χ1) is 10.5. The number of hydrogen-bond acceptors (Lipinski definition) is 6. The van der Waals surface area contributed by atoms with Crippen LogP contribution in [0.25, 0.3) is 0 Å². The molecule has 0 saturated heterocycles. The van der Waals surface area contributed by atoms with Crippen LogP contribution in [0.1, 0.15) is 34.1 Å². The molecule has 23 heavy (non-hydrogen) atoms. The average Bonchev–Trinajstić information content (AvgIpc) is 2.48. The molecule has 0 aromatic heterocycles. The molecule has 0 fully saturated rings. The van der Waals surface area contributed by atoms with Crippen LogP contribution in [-0.4, -0.2) is 37.7 Å². The molecular weight excluding hydrogens is 300 g/mol. The first-order valence-corrected chi connectivity index (χ1v) is 7.27. The number of esters is 3. The van der Waals surface area contributed by atoms with Gasteiger partial charge in [-0.2, -0.15) is 0 Å². The molecular formula is C17H26O6. The van der Waals surface area contributed by atoms with Gasteiger partial charge in [0, 0.05) is 11.5 Å². The van der Waals surface area contributed by atoms with E-state index in [1.54, 1.807) is 27.7 Å². The second-order valence-corrected chi connectivity index (χ2v) is 6.59. The Bertz CT molecular complexity index is 462. The Labute approximate surface area is 137 Å². The molecule has 0 aliphatic rings. The Kier molecular flexibility index (Phi) is 8.29. The van der Waals surface area contributed by atoms with Crippen LogP contribution in [0.4, 0.5) is 0 Å². The first kappa shape index (κ1) is 20.9. The molecule has 0 amide bonds. The zero-order valence-electron chi connectivity index (χ0n) is 14.3. The van der Waals surface area contributed by atoms with E-state index in [1.807, 2.05) is 0 Å². The molecule has 0 rings (SSSR count). The Morgan fingerprint density at radius 2 is 1.48 bits per heavy atom. The van der Waals surface area contributed by atoms with Crippen LogP contribution < -0.4 is 0 Å². The van der Waals surface area contributed by atoms with Crippen LogP contribution in [0, 0.1) is 10.8 Å². The largest absolute Gasteiger partial charge is 0.464 e. The maximum atomic E-state index is 12.1. The zero-order valence-corrected chi connectivity index (χ0v) is 14.3. The fourth-order valence-corrected chi connectivity index (χ4v) is 1.32. The van der Waals surface area contributed by atoms with Crippen LogP contribution in [0.3, 0.4) is 0 Å². The lowest BCUT2D eigenvalue weighted by Crippen LogP contribution is -2.36. The van der Waals surface area contributed by atoms with Gasteiger partial charge >= 0.3 is 17.9 Å². The molecule has 6 heteroatoms. The van der Waals surface area contributed by atoms with Crippen molar-refractivity contribution in [3.63, 3.8) is 0 Å². The number of carbonyl (C=O) groups excluding carboxylic acids is 3. The molecule has 0 aromatic rings. The predicted molar refractivity (Wildman–Crippen MR) is 85.5 cm³/mol. The van der Waals surface area contributed by atoms with Gasteiger partial charge in [0.15, 0.2) is 0 Å². The van der Waals surface area contributed by atoms with Crippen molar-refractivity contribution >= 4 is 17.9 Å². The van der Waals surface area contributed by atoms with E-state index in [9.17, 15) is 14.4 Å². The SMILES string of the molecule is C=CCC(=O)OCC(C)(C)C(=O)OCC(C)(C)COC(=O)C=C. The summed E-state index contributed by atoms with van der Waals surface area (Å²) in [6.07, 6.45) is 2.59. The highest BCUT2D eigenvalue weighted by Gasteiger charge is 2.33. The first-order valence-electron chi connectivity index (χ1n) is 7.27. The van der Waals surface area contributed by atoms with E-state index in [1.165, 1.54) is 6.08 Å². The van der Waals surface area contributed by atoms with E-state index in [-0.39, 0.29) is 26.2 Å². The molecule has 0 saturated carbocycles. The molecule has 0 aromatic carbocycles. The molecule has 0 spiro atoms. The maximum Gasteiger partial charge on any atom is 0.330 e. The number of hydrogen-bond donors (Lipinski definition) is 0. The lowest BCUT2D eigenvalue weighted by molar-refractivity contribution is -0.165. The highest BCUT2D eigenvalue weighted by atomic mass is 16.6. The zero-order chi connectivity index (χ0) is 18.1. The summed E-state index contributed by atoms with van der Waals surface area (Å²) in [6.45, 7) is 13.7. The average molecular weight is 326 g/mol. The summed E-state index contributed by atoms with van der Waals surface area (Å²) < 4.78 is 15.2. The molecule has 0 N–H and O–H groups in total. The highest BCUT2D eigenvalue weighted by molar-refractivity contribution is 5.81. The van der Waals surface area contributed by atoms with E-state index in [2.05, 4.69) is 13.2 Å². The van der Waals surface area contributed by atoms with Gasteiger partial charge in [0.1, 0.15) is 6.61 Å². The molecule has 0 atom stereocenters. The van der Waals surface area contributed by atoms with Gasteiger partial charge in [-0.25, -0.2) is 4.79 Å². The van der Waals surface area contributed by atoms with Crippen molar-refractivity contribution < 1.29 is 28.6 Å². The van der Waals surface area contributed by atoms with Gasteiger partial charge in [-0.05, 0) is 13.8 Å². The van der Waals surface area contributed by atoms with Crippen molar-refractivity contribution in [3.05, 3.63) is 25.3 Å². The van der Waals surface area contributed by atoms with Gasteiger partial charge in [-0.3, -0.25) is 9.59 Å². The standard InChI is InChI=1S/C17H26O6/c1-7-9-14(19)22-12-17(5,6)15(20)23-11-16(3,4)10-21-13(18)8-2/h7-8H,1-2,9-12H2,3-6H3. The second-order valence-electron chi connectivity index (χ2n) is 6.59. The van der Waals surface area contributed by atoms with Gasteiger partial charge in [0.05, 0.1) is 25.0 Å². The van der Waals surface area contributed by atoms with Crippen LogP contribution in [0.15, 0.2) is 25.3 Å². The van der Waals surface area contributed by atoms with E-state index >= 15 is 0 Å². The number of rotatable bonds is 10. The third kappa shape index (κ3) is 8.80. The van der Waals surface area contributed by atoms with E-state index < -0.39 is 28.7 Å². The summed E-state index contributed by atoms with van der Waals surface area (Å²) >= 11 is 0. The monoisotopic (exact) mass is 326 g/mol. The molecule has 0 unspecified atom stereocenters. The van der Waals surface area contributed by atoms with Gasteiger partial charge in [-0.15, -0.1) is 6.58 Å². The Balaban J connectivity index is 4.38. The van der Waals surface area contributed by atoms with Gasteiger partial charge < -0.3 is 14.2 Å². The van der Waals surface area contributed by atoms with Gasteiger partial charge in [0.25, 0.3) is 0 Å². The fourth-order valence-electron chi connectivity index (χ4n) is 1.32. The van der Waals surface area contributed by atoms with Gasteiger partial charge in [0.2, 0.25) is 0 Å². The molecule has 130 valence electrons. The Morgan fingerprint density at radius 1 is 0.913 bits per heavy atom. The minimum Gasteiger partial charge on any atom is -0.464 e. The van der Waals surface area contributed by atoms with Crippen molar-refractivity contribution in [2.24, 2.45) is 10.8 Å². The maximum absolute atomic E-state index is 12.1. The van der Waals surface area contributed by atoms with Crippen molar-refractivity contribution in [3.8, 4) is 0 Å². The summed E-state index contributed by atoms with van der Waals surface area (Å²) in [5, 5.41) is 0. The topological polar surface area (TPSA) is 78.9 Å². The molecule has 0 radical (unpaired) electrons. The van der Waals surface area contributed by atoms with E-state index in [0.717, 1.165) is 6.08 Å². The predicted octanol–water partition coefficient (Wildman–Crippen LogP) is 2.43. The number of ether oxygens (including phenoxy) is 3. The van der Waals surface area contributed by atoms with Crippen molar-refractivity contribution in [1.29, 1.82) is 0 Å². The Morgan fingerprint density at radius 3 is 2.00 bits per heavy atom. The normalized spacial score (nSPS) is 11.3. The van der Waals surface area contributed by atoms with E-state index in [0.29, 0.717) is 0 Å². The fraction of sp³-hybridized carbons (Fsp3) is 0.588. The molecule has 0 aliphatic carbocycles. The quantitative estimate of drug-likeness (QED) is 0.265. The smallest absolute Gasteiger partial charge is 0.330 e. The number of carbonyl (C=O) groups is 3. The minimum atomic E-state index is -0.968. The van der Waals surface area contributed by atoms with Crippen molar-refractivity contribution in [1.82, 2.24) is 0 Å². The van der Waals surface area contributed by atoms with Crippen LogP contribution in [0.5, 0.6) is 0 Å². The summed E-state index contributed by atoms with van der Waals surface area (Å²) in [6, 6.07) is 0. The van der Waals surface area contributed by atoms with E-state index in [4.69, 9.17) is 14.2 Å². The molecule has 6 nitrogen and oxygen atoms in total. The van der Waals surface area contributed by atoms with Gasteiger partial charge in [-0.1, -0.05) is 26.5 Å². The molecule has 0 aliphatic heterocycles. The lowest BCUT2D eigenvalue weighted by Gasteiger charge is -2.27. The summed E-state index contributed by atoms with van der Waals surface area (Å²) in [5.74, 6) is -1.47. The van der Waals surface area contributed by atoms with Crippen LogP contribution >= 0.6 is 0 Å².